The fourth-order valence-electron chi connectivity index (χ4n) is 3.18. The van der Waals surface area contributed by atoms with Gasteiger partial charge in [0, 0.05) is 23.1 Å². The van der Waals surface area contributed by atoms with Crippen molar-refractivity contribution in [2.75, 3.05) is 7.11 Å². The summed E-state index contributed by atoms with van der Waals surface area (Å²) in [5.41, 5.74) is 1.69. The Labute approximate surface area is 130 Å². The van der Waals surface area contributed by atoms with Gasteiger partial charge < -0.3 is 14.5 Å². The first-order valence-corrected chi connectivity index (χ1v) is 7.99. The summed E-state index contributed by atoms with van der Waals surface area (Å²) < 4.78 is 10.7. The number of ether oxygens (including phenoxy) is 1. The predicted molar refractivity (Wildman–Crippen MR) is 86.0 cm³/mol. The van der Waals surface area contributed by atoms with Crippen LogP contribution in [0.15, 0.2) is 28.9 Å². The third-order valence-electron chi connectivity index (χ3n) is 4.59. The largest absolute Gasteiger partial charge is 0.497 e. The molecule has 0 aliphatic heterocycles. The second kappa shape index (κ2) is 6.42. The van der Waals surface area contributed by atoms with Gasteiger partial charge in [-0.15, -0.1) is 0 Å². The molecule has 0 atom stereocenters. The number of nitrogens with one attached hydrogen (secondary N) is 1. The van der Waals surface area contributed by atoms with Gasteiger partial charge in [0.05, 0.1) is 19.8 Å². The van der Waals surface area contributed by atoms with Crippen LogP contribution in [0.25, 0.3) is 11.0 Å². The summed E-state index contributed by atoms with van der Waals surface area (Å²) in [7, 11) is 1.63. The lowest BCUT2D eigenvalue weighted by Crippen LogP contribution is -2.38. The van der Waals surface area contributed by atoms with E-state index >= 15 is 0 Å². The molecule has 4 heteroatoms. The number of carbonyl (C=O) groups excluding carboxylic acids is 1. The van der Waals surface area contributed by atoms with Crippen LogP contribution >= 0.6 is 0 Å². The van der Waals surface area contributed by atoms with E-state index in [1.165, 1.54) is 12.8 Å². The third kappa shape index (κ3) is 3.26. The van der Waals surface area contributed by atoms with Crippen LogP contribution in [0.4, 0.5) is 0 Å². The Kier molecular flexibility index (Phi) is 4.36. The minimum Gasteiger partial charge on any atom is -0.497 e. The molecule has 1 fully saturated rings. The number of hydrogen-bond acceptors (Lipinski definition) is 3. The molecular formula is C18H23NO3. The Morgan fingerprint density at radius 3 is 2.82 bits per heavy atom. The first-order valence-electron chi connectivity index (χ1n) is 7.99. The molecule has 0 saturated heterocycles. The Hall–Kier alpha value is -1.97. The molecule has 1 N–H and O–H groups in total. The quantitative estimate of drug-likeness (QED) is 0.937. The average Bonchev–Trinajstić information content (AvgIpc) is 2.91. The molecule has 22 heavy (non-hydrogen) atoms. The van der Waals surface area contributed by atoms with E-state index in [1.54, 1.807) is 13.4 Å². The summed E-state index contributed by atoms with van der Waals surface area (Å²) in [6.07, 6.45) is 6.64. The molecule has 1 aliphatic carbocycles. The lowest BCUT2D eigenvalue weighted by molar-refractivity contribution is -0.121. The van der Waals surface area contributed by atoms with E-state index in [2.05, 4.69) is 12.2 Å². The highest BCUT2D eigenvalue weighted by Crippen LogP contribution is 2.26. The molecule has 1 aromatic carbocycles. The molecule has 1 aliphatic rings. The van der Waals surface area contributed by atoms with Crippen molar-refractivity contribution in [2.24, 2.45) is 5.92 Å². The molecule has 4 nitrogen and oxygen atoms in total. The topological polar surface area (TPSA) is 51.5 Å². The first-order chi connectivity index (χ1) is 10.7. The Balaban J connectivity index is 1.64. The molecule has 0 spiro atoms. The van der Waals surface area contributed by atoms with E-state index in [1.807, 2.05) is 18.2 Å². The summed E-state index contributed by atoms with van der Waals surface area (Å²) in [4.78, 5) is 12.2. The maximum atomic E-state index is 12.2. The molecule has 1 aromatic heterocycles. The molecule has 0 unspecified atom stereocenters. The molecular weight excluding hydrogens is 278 g/mol. The standard InChI is InChI=1S/C18H23NO3/c1-12-3-5-14(6-4-12)19-18(20)9-13-11-22-17-10-15(21-2)7-8-16(13)17/h7-8,10-12,14H,3-6,9H2,1-2H3,(H,19,20). The molecule has 1 saturated carbocycles. The Bertz CT molecular complexity index is 653. The van der Waals surface area contributed by atoms with Crippen molar-refractivity contribution >= 4 is 16.9 Å². The van der Waals surface area contributed by atoms with Crippen LogP contribution < -0.4 is 10.1 Å². The predicted octanol–water partition coefficient (Wildman–Crippen LogP) is 3.68. The maximum Gasteiger partial charge on any atom is 0.224 e. The normalized spacial score (nSPS) is 21.7. The van der Waals surface area contributed by atoms with Crippen LogP contribution in [0.3, 0.4) is 0 Å². The maximum absolute atomic E-state index is 12.2. The zero-order valence-electron chi connectivity index (χ0n) is 13.2. The van der Waals surface area contributed by atoms with Crippen molar-refractivity contribution in [1.82, 2.24) is 5.32 Å². The van der Waals surface area contributed by atoms with Crippen molar-refractivity contribution in [3.8, 4) is 5.75 Å². The van der Waals surface area contributed by atoms with Gasteiger partial charge in [-0.25, -0.2) is 0 Å². The molecule has 0 bridgehead atoms. The molecule has 1 heterocycles. The van der Waals surface area contributed by atoms with E-state index in [0.717, 1.165) is 41.0 Å². The van der Waals surface area contributed by atoms with Gasteiger partial charge in [-0.05, 0) is 43.7 Å². The third-order valence-corrected chi connectivity index (χ3v) is 4.59. The SMILES string of the molecule is COc1ccc2c(CC(=O)NC3CCC(C)CC3)coc2c1. The van der Waals surface area contributed by atoms with Crippen LogP contribution in [0.1, 0.15) is 38.2 Å². The van der Waals surface area contributed by atoms with Crippen molar-refractivity contribution in [3.05, 3.63) is 30.0 Å². The number of benzene rings is 1. The summed E-state index contributed by atoms with van der Waals surface area (Å²) in [6.45, 7) is 2.28. The van der Waals surface area contributed by atoms with E-state index in [-0.39, 0.29) is 5.91 Å². The molecule has 2 aromatic rings. The van der Waals surface area contributed by atoms with Crippen LogP contribution in [-0.4, -0.2) is 19.1 Å². The van der Waals surface area contributed by atoms with Crippen molar-refractivity contribution in [3.63, 3.8) is 0 Å². The number of hydrogen-bond donors (Lipinski definition) is 1. The monoisotopic (exact) mass is 301 g/mol. The van der Waals surface area contributed by atoms with Gasteiger partial charge in [-0.3, -0.25) is 4.79 Å². The summed E-state index contributed by atoms with van der Waals surface area (Å²) in [6, 6.07) is 6.02. The lowest BCUT2D eigenvalue weighted by atomic mass is 9.87. The number of amides is 1. The zero-order chi connectivity index (χ0) is 15.5. The van der Waals surface area contributed by atoms with Crippen molar-refractivity contribution in [2.45, 2.75) is 45.1 Å². The van der Waals surface area contributed by atoms with Crippen molar-refractivity contribution in [1.29, 1.82) is 0 Å². The molecule has 1 amide bonds. The highest BCUT2D eigenvalue weighted by atomic mass is 16.5. The van der Waals surface area contributed by atoms with Gasteiger partial charge in [0.15, 0.2) is 0 Å². The fourth-order valence-corrected chi connectivity index (χ4v) is 3.18. The van der Waals surface area contributed by atoms with Gasteiger partial charge in [-0.2, -0.15) is 0 Å². The minimum atomic E-state index is 0.0815. The van der Waals surface area contributed by atoms with E-state index < -0.39 is 0 Å². The molecule has 118 valence electrons. The van der Waals surface area contributed by atoms with E-state index in [0.29, 0.717) is 12.5 Å². The average molecular weight is 301 g/mol. The zero-order valence-corrected chi connectivity index (χ0v) is 13.2. The van der Waals surface area contributed by atoms with E-state index in [9.17, 15) is 4.79 Å². The Morgan fingerprint density at radius 2 is 2.09 bits per heavy atom. The molecule has 3 rings (SSSR count). The van der Waals surface area contributed by atoms with Gasteiger partial charge in [-0.1, -0.05) is 6.92 Å². The van der Waals surface area contributed by atoms with Crippen LogP contribution in [0.5, 0.6) is 5.75 Å². The van der Waals surface area contributed by atoms with Gasteiger partial charge >= 0.3 is 0 Å². The second-order valence-corrected chi connectivity index (χ2v) is 6.32. The molecule has 0 radical (unpaired) electrons. The second-order valence-electron chi connectivity index (χ2n) is 6.32. The minimum absolute atomic E-state index is 0.0815. The number of furan rings is 1. The van der Waals surface area contributed by atoms with Gasteiger partial charge in [0.2, 0.25) is 5.91 Å². The fraction of sp³-hybridized carbons (Fsp3) is 0.500. The summed E-state index contributed by atoms with van der Waals surface area (Å²) in [5, 5.41) is 4.14. The lowest BCUT2D eigenvalue weighted by Gasteiger charge is -2.26. The number of carbonyl (C=O) groups is 1. The first kappa shape index (κ1) is 14.9. The number of methoxy groups -OCH3 is 1. The summed E-state index contributed by atoms with van der Waals surface area (Å²) in [5.74, 6) is 1.63. The number of fused-ring (bicyclic) bond motifs is 1. The Morgan fingerprint density at radius 1 is 1.32 bits per heavy atom. The number of rotatable bonds is 4. The highest BCUT2D eigenvalue weighted by Gasteiger charge is 2.20. The van der Waals surface area contributed by atoms with Gasteiger partial charge in [0.1, 0.15) is 11.3 Å². The van der Waals surface area contributed by atoms with Crippen LogP contribution in [0.2, 0.25) is 0 Å². The van der Waals surface area contributed by atoms with Crippen molar-refractivity contribution < 1.29 is 13.9 Å². The highest BCUT2D eigenvalue weighted by molar-refractivity contribution is 5.88. The summed E-state index contributed by atoms with van der Waals surface area (Å²) >= 11 is 0. The smallest absolute Gasteiger partial charge is 0.224 e. The van der Waals surface area contributed by atoms with Crippen LogP contribution in [-0.2, 0) is 11.2 Å². The van der Waals surface area contributed by atoms with Crippen LogP contribution in [0, 0.1) is 5.92 Å². The van der Waals surface area contributed by atoms with Gasteiger partial charge in [0.25, 0.3) is 0 Å². The van der Waals surface area contributed by atoms with E-state index in [4.69, 9.17) is 9.15 Å².